The van der Waals surface area contributed by atoms with Crippen LogP contribution >= 0.6 is 0 Å². The highest BCUT2D eigenvalue weighted by Gasteiger charge is 2.35. The van der Waals surface area contributed by atoms with E-state index in [4.69, 9.17) is 0 Å². The smallest absolute Gasteiger partial charge is 0.261 e. The zero-order valence-electron chi connectivity index (χ0n) is 16.5. The molecule has 2 aromatic carbocycles. The molecular weight excluding hydrogens is 382 g/mol. The van der Waals surface area contributed by atoms with Crippen molar-refractivity contribution >= 4 is 17.7 Å². The zero-order valence-corrected chi connectivity index (χ0v) is 16.5. The summed E-state index contributed by atoms with van der Waals surface area (Å²) in [7, 11) is 0. The summed E-state index contributed by atoms with van der Waals surface area (Å²) in [6.45, 7) is 2.94. The fourth-order valence-electron chi connectivity index (χ4n) is 3.37. The van der Waals surface area contributed by atoms with Crippen molar-refractivity contribution in [2.24, 2.45) is 0 Å². The van der Waals surface area contributed by atoms with Gasteiger partial charge in [0.15, 0.2) is 0 Å². The Bertz CT molecular complexity index is 1090. The van der Waals surface area contributed by atoms with Crippen LogP contribution in [0, 0.1) is 6.92 Å². The molecule has 0 aliphatic carbocycles. The third-order valence-electron chi connectivity index (χ3n) is 5.01. The zero-order chi connectivity index (χ0) is 21.1. The molecule has 8 nitrogen and oxygen atoms in total. The molecule has 0 unspecified atom stereocenters. The van der Waals surface area contributed by atoms with Gasteiger partial charge in [-0.15, -0.1) is 0 Å². The SMILES string of the molecule is Cc1ccc2c(c1)C(=O)N(CCC(=O)NCc1ccc(Cn3cncn3)cc1)C2=O. The van der Waals surface area contributed by atoms with Crippen molar-refractivity contribution in [1.29, 1.82) is 0 Å². The first kappa shape index (κ1) is 19.5. The van der Waals surface area contributed by atoms with E-state index in [-0.39, 0.29) is 30.7 Å². The third-order valence-corrected chi connectivity index (χ3v) is 5.01. The molecule has 30 heavy (non-hydrogen) atoms. The van der Waals surface area contributed by atoms with Gasteiger partial charge in [-0.05, 0) is 30.2 Å². The summed E-state index contributed by atoms with van der Waals surface area (Å²) in [4.78, 5) is 42.1. The molecule has 3 aromatic rings. The Morgan fingerprint density at radius 2 is 1.73 bits per heavy atom. The maximum absolute atomic E-state index is 12.5. The van der Waals surface area contributed by atoms with Crippen LogP contribution in [0.15, 0.2) is 55.1 Å². The molecule has 0 saturated heterocycles. The van der Waals surface area contributed by atoms with Crippen molar-refractivity contribution in [1.82, 2.24) is 25.0 Å². The van der Waals surface area contributed by atoms with Crippen LogP contribution < -0.4 is 5.32 Å². The molecule has 0 bridgehead atoms. The van der Waals surface area contributed by atoms with Gasteiger partial charge in [-0.3, -0.25) is 19.3 Å². The summed E-state index contributed by atoms with van der Waals surface area (Å²) >= 11 is 0. The van der Waals surface area contributed by atoms with Crippen molar-refractivity contribution in [3.05, 3.63) is 82.9 Å². The lowest BCUT2D eigenvalue weighted by Gasteiger charge is -2.13. The number of hydrogen-bond acceptors (Lipinski definition) is 5. The lowest BCUT2D eigenvalue weighted by Crippen LogP contribution is -2.34. The van der Waals surface area contributed by atoms with Gasteiger partial charge in [0.05, 0.1) is 17.7 Å². The molecule has 1 aliphatic rings. The number of benzene rings is 2. The fourth-order valence-corrected chi connectivity index (χ4v) is 3.37. The fraction of sp³-hybridized carbons (Fsp3) is 0.227. The molecule has 0 spiro atoms. The molecule has 3 amide bonds. The Morgan fingerprint density at radius 1 is 1.00 bits per heavy atom. The largest absolute Gasteiger partial charge is 0.352 e. The van der Waals surface area contributed by atoms with Crippen LogP contribution in [-0.2, 0) is 17.9 Å². The first-order chi connectivity index (χ1) is 14.5. The minimum atomic E-state index is -0.342. The Hall–Kier alpha value is -3.81. The summed E-state index contributed by atoms with van der Waals surface area (Å²) in [5.41, 5.74) is 3.77. The predicted molar refractivity (Wildman–Crippen MR) is 109 cm³/mol. The van der Waals surface area contributed by atoms with E-state index in [1.54, 1.807) is 29.2 Å². The van der Waals surface area contributed by atoms with E-state index < -0.39 is 0 Å². The van der Waals surface area contributed by atoms with Crippen LogP contribution in [0.25, 0.3) is 0 Å². The number of aromatic nitrogens is 3. The van der Waals surface area contributed by atoms with Crippen molar-refractivity contribution < 1.29 is 14.4 Å². The van der Waals surface area contributed by atoms with Crippen molar-refractivity contribution in [2.45, 2.75) is 26.4 Å². The van der Waals surface area contributed by atoms with E-state index in [9.17, 15) is 14.4 Å². The van der Waals surface area contributed by atoms with E-state index in [1.165, 1.54) is 6.33 Å². The lowest BCUT2D eigenvalue weighted by molar-refractivity contribution is -0.121. The topological polar surface area (TPSA) is 97.2 Å². The average Bonchev–Trinajstić information content (AvgIpc) is 3.33. The van der Waals surface area contributed by atoms with Crippen LogP contribution in [0.5, 0.6) is 0 Å². The quantitative estimate of drug-likeness (QED) is 0.608. The maximum Gasteiger partial charge on any atom is 0.261 e. The molecule has 0 atom stereocenters. The number of carbonyl (C=O) groups excluding carboxylic acids is 3. The van der Waals surface area contributed by atoms with E-state index >= 15 is 0 Å². The number of hydrogen-bond donors (Lipinski definition) is 1. The second-order valence-electron chi connectivity index (χ2n) is 7.25. The van der Waals surface area contributed by atoms with Gasteiger partial charge in [-0.25, -0.2) is 9.67 Å². The van der Waals surface area contributed by atoms with Crippen LogP contribution in [0.2, 0.25) is 0 Å². The summed E-state index contributed by atoms with van der Waals surface area (Å²) in [5.74, 6) is -0.894. The van der Waals surface area contributed by atoms with Gasteiger partial charge < -0.3 is 5.32 Å². The minimum absolute atomic E-state index is 0.0636. The van der Waals surface area contributed by atoms with E-state index in [1.807, 2.05) is 31.2 Å². The highest BCUT2D eigenvalue weighted by Crippen LogP contribution is 2.23. The van der Waals surface area contributed by atoms with Crippen molar-refractivity contribution in [3.63, 3.8) is 0 Å². The lowest BCUT2D eigenvalue weighted by atomic mass is 10.1. The number of aryl methyl sites for hydroxylation is 1. The van der Waals surface area contributed by atoms with Crippen LogP contribution in [0.4, 0.5) is 0 Å². The predicted octanol–water partition coefficient (Wildman–Crippen LogP) is 1.94. The maximum atomic E-state index is 12.5. The van der Waals surface area contributed by atoms with Gasteiger partial charge in [0.25, 0.3) is 11.8 Å². The standard InChI is InChI=1S/C22H21N5O3/c1-15-2-7-18-19(10-15)22(30)27(21(18)29)9-8-20(28)24-11-16-3-5-17(6-4-16)12-26-14-23-13-25-26/h2-7,10,13-14H,8-9,11-12H2,1H3,(H,24,28). The Balaban J connectivity index is 1.26. The Morgan fingerprint density at radius 3 is 2.47 bits per heavy atom. The third kappa shape index (κ3) is 4.12. The van der Waals surface area contributed by atoms with E-state index in [0.717, 1.165) is 21.6 Å². The number of imide groups is 1. The summed E-state index contributed by atoms with van der Waals surface area (Å²) < 4.78 is 1.73. The number of nitrogens with zero attached hydrogens (tertiary/aromatic N) is 4. The Kier molecular flexibility index (Phi) is 5.38. The van der Waals surface area contributed by atoms with Crippen LogP contribution in [-0.4, -0.2) is 43.9 Å². The summed E-state index contributed by atoms with van der Waals surface area (Å²) in [6.07, 6.45) is 3.21. The number of carbonyl (C=O) groups is 3. The van der Waals surface area contributed by atoms with Crippen molar-refractivity contribution in [2.75, 3.05) is 6.54 Å². The number of nitrogens with one attached hydrogen (secondary N) is 1. The monoisotopic (exact) mass is 403 g/mol. The molecular formula is C22H21N5O3. The second-order valence-corrected chi connectivity index (χ2v) is 7.25. The van der Waals surface area contributed by atoms with Gasteiger partial charge in [0.2, 0.25) is 5.91 Å². The highest BCUT2D eigenvalue weighted by molar-refractivity contribution is 6.21. The molecule has 1 N–H and O–H groups in total. The van der Waals surface area contributed by atoms with Gasteiger partial charge in [0, 0.05) is 19.5 Å². The molecule has 4 rings (SSSR count). The van der Waals surface area contributed by atoms with E-state index in [2.05, 4.69) is 15.4 Å². The number of rotatable bonds is 7. The minimum Gasteiger partial charge on any atom is -0.352 e. The average molecular weight is 403 g/mol. The van der Waals surface area contributed by atoms with Crippen LogP contribution in [0.1, 0.15) is 43.8 Å². The summed E-state index contributed by atoms with van der Waals surface area (Å²) in [5, 5.41) is 6.90. The molecule has 0 fully saturated rings. The first-order valence-corrected chi connectivity index (χ1v) is 9.65. The van der Waals surface area contributed by atoms with Crippen LogP contribution in [0.3, 0.4) is 0 Å². The highest BCUT2D eigenvalue weighted by atomic mass is 16.2. The van der Waals surface area contributed by atoms with Gasteiger partial charge in [-0.1, -0.05) is 35.9 Å². The summed E-state index contributed by atoms with van der Waals surface area (Å²) in [6, 6.07) is 13.0. The number of amides is 3. The molecule has 0 radical (unpaired) electrons. The molecule has 1 aliphatic heterocycles. The molecule has 8 heteroatoms. The van der Waals surface area contributed by atoms with Gasteiger partial charge in [-0.2, -0.15) is 5.10 Å². The molecule has 2 heterocycles. The molecule has 152 valence electrons. The van der Waals surface area contributed by atoms with Gasteiger partial charge >= 0.3 is 0 Å². The normalized spacial score (nSPS) is 12.9. The molecule has 1 aromatic heterocycles. The Labute approximate surface area is 173 Å². The van der Waals surface area contributed by atoms with Gasteiger partial charge in [0.1, 0.15) is 12.7 Å². The first-order valence-electron chi connectivity index (χ1n) is 9.65. The number of fused-ring (bicyclic) bond motifs is 1. The second kappa shape index (κ2) is 8.28. The van der Waals surface area contributed by atoms with E-state index in [0.29, 0.717) is 24.2 Å². The molecule has 0 saturated carbocycles. The van der Waals surface area contributed by atoms with Crippen molar-refractivity contribution in [3.8, 4) is 0 Å².